The van der Waals surface area contributed by atoms with Crippen LogP contribution in [0.3, 0.4) is 0 Å². The highest BCUT2D eigenvalue weighted by molar-refractivity contribution is 6.66. The number of fused-ring (bicyclic) bond motifs is 1. The fourth-order valence-electron chi connectivity index (χ4n) is 6.07. The number of ether oxygens (including phenoxy) is 1. The standard InChI is InChI=1S/C32H36BCl2N3O4/c1-31(2)32(3,4)42-33(41-31)23-11-7-9-21(29(23)35)20-8-6-10-22(28(20)34)25-16-18-12-14-24(27(18)30(38-25)40-5)36-17-19-13-15-26(39)37-19/h6-11,16,19,24,36H,12-15,17H2,1-5H3,(H,37,39)/t19-,24+/m0/s1. The first kappa shape index (κ1) is 29.5. The van der Waals surface area contributed by atoms with Gasteiger partial charge in [-0.2, -0.15) is 0 Å². The first-order valence-corrected chi connectivity index (χ1v) is 15.3. The molecule has 2 saturated heterocycles. The van der Waals surface area contributed by atoms with Gasteiger partial charge in [0, 0.05) is 57.8 Å². The molecule has 42 heavy (non-hydrogen) atoms. The Bertz CT molecular complexity index is 1530. The molecule has 0 radical (unpaired) electrons. The molecule has 0 spiro atoms. The summed E-state index contributed by atoms with van der Waals surface area (Å²) < 4.78 is 18.4. The Morgan fingerprint density at radius 3 is 2.33 bits per heavy atom. The normalized spacial score (nSPS) is 22.4. The average Bonchev–Trinajstić information content (AvgIpc) is 3.62. The lowest BCUT2D eigenvalue weighted by Gasteiger charge is -2.32. The van der Waals surface area contributed by atoms with Crippen LogP contribution in [0.15, 0.2) is 42.5 Å². The van der Waals surface area contributed by atoms with Crippen LogP contribution in [0.1, 0.15) is 64.1 Å². The van der Waals surface area contributed by atoms with Gasteiger partial charge in [-0.05, 0) is 58.6 Å². The fourth-order valence-corrected chi connectivity index (χ4v) is 6.71. The minimum atomic E-state index is -0.585. The third-order valence-corrected chi connectivity index (χ3v) is 9.98. The molecule has 1 aromatic heterocycles. The number of rotatable bonds is 7. The topological polar surface area (TPSA) is 81.7 Å². The van der Waals surface area contributed by atoms with Crippen LogP contribution in [-0.4, -0.2) is 48.9 Å². The molecule has 1 amide bonds. The number of carbonyl (C=O) groups excluding carboxylic acids is 1. The highest BCUT2D eigenvalue weighted by Crippen LogP contribution is 2.43. The second-order valence-electron chi connectivity index (χ2n) is 12.4. The van der Waals surface area contributed by atoms with Gasteiger partial charge >= 0.3 is 7.12 Å². The second kappa shape index (κ2) is 11.1. The summed E-state index contributed by atoms with van der Waals surface area (Å²) >= 11 is 14.1. The number of hydrogen-bond acceptors (Lipinski definition) is 6. The number of pyridine rings is 1. The van der Waals surface area contributed by atoms with Crippen molar-refractivity contribution in [2.75, 3.05) is 13.7 Å². The molecule has 2 atom stereocenters. The number of amides is 1. The predicted molar refractivity (Wildman–Crippen MR) is 168 cm³/mol. The molecule has 3 aliphatic rings. The van der Waals surface area contributed by atoms with Crippen molar-refractivity contribution in [2.24, 2.45) is 0 Å². The number of hydrogen-bond donors (Lipinski definition) is 2. The Hall–Kier alpha value is -2.62. The zero-order valence-electron chi connectivity index (χ0n) is 24.6. The van der Waals surface area contributed by atoms with Crippen LogP contribution in [0.4, 0.5) is 0 Å². The number of methoxy groups -OCH3 is 1. The number of carbonyl (C=O) groups is 1. The van der Waals surface area contributed by atoms with Crippen molar-refractivity contribution in [1.82, 2.24) is 15.6 Å². The van der Waals surface area contributed by atoms with Crippen molar-refractivity contribution in [3.8, 4) is 28.3 Å². The molecular weight excluding hydrogens is 572 g/mol. The van der Waals surface area contributed by atoms with E-state index >= 15 is 0 Å². The van der Waals surface area contributed by atoms with E-state index in [1.165, 1.54) is 5.56 Å². The third-order valence-electron chi connectivity index (χ3n) is 9.15. The van der Waals surface area contributed by atoms with Crippen LogP contribution in [0, 0.1) is 0 Å². The van der Waals surface area contributed by atoms with Crippen LogP contribution in [0.2, 0.25) is 10.0 Å². The highest BCUT2D eigenvalue weighted by Gasteiger charge is 2.52. The van der Waals surface area contributed by atoms with Crippen molar-refractivity contribution < 1.29 is 18.8 Å². The van der Waals surface area contributed by atoms with Crippen LogP contribution >= 0.6 is 23.2 Å². The van der Waals surface area contributed by atoms with E-state index in [-0.39, 0.29) is 18.0 Å². The zero-order valence-corrected chi connectivity index (χ0v) is 26.2. The number of aromatic nitrogens is 1. The number of aryl methyl sites for hydroxylation is 1. The van der Waals surface area contributed by atoms with E-state index in [9.17, 15) is 4.79 Å². The maximum absolute atomic E-state index is 11.6. The van der Waals surface area contributed by atoms with Gasteiger partial charge in [-0.1, -0.05) is 59.6 Å². The Morgan fingerprint density at radius 2 is 1.67 bits per heavy atom. The van der Waals surface area contributed by atoms with E-state index in [0.717, 1.165) is 59.2 Å². The first-order valence-electron chi connectivity index (χ1n) is 14.5. The van der Waals surface area contributed by atoms with Gasteiger partial charge in [-0.25, -0.2) is 4.98 Å². The molecule has 10 heteroatoms. The molecular formula is C32H36BCl2N3O4. The predicted octanol–water partition coefficient (Wildman–Crippen LogP) is 5.89. The minimum absolute atomic E-state index is 0.118. The molecule has 3 aromatic rings. The van der Waals surface area contributed by atoms with E-state index in [1.54, 1.807) is 7.11 Å². The lowest BCUT2D eigenvalue weighted by atomic mass is 9.77. The van der Waals surface area contributed by atoms with Gasteiger partial charge in [0.2, 0.25) is 11.8 Å². The highest BCUT2D eigenvalue weighted by atomic mass is 35.5. The number of halogens is 2. The van der Waals surface area contributed by atoms with Crippen molar-refractivity contribution >= 4 is 41.7 Å². The van der Waals surface area contributed by atoms with Crippen LogP contribution in [-0.2, 0) is 20.5 Å². The summed E-state index contributed by atoms with van der Waals surface area (Å²) in [7, 11) is 1.07. The van der Waals surface area contributed by atoms with Gasteiger partial charge < -0.3 is 24.7 Å². The second-order valence-corrected chi connectivity index (χ2v) is 13.1. The first-order chi connectivity index (χ1) is 20.0. The SMILES string of the molecule is COc1nc(-c2cccc(-c3cccc(B4OC(C)(C)C(C)(C)O4)c3Cl)c2Cl)cc2c1[C@H](NC[C@@H]1CCC(=O)N1)CC2. The van der Waals surface area contributed by atoms with Gasteiger partial charge in [0.25, 0.3) is 0 Å². The van der Waals surface area contributed by atoms with Crippen molar-refractivity contribution in [3.63, 3.8) is 0 Å². The molecule has 2 aromatic carbocycles. The number of nitrogens with one attached hydrogen (secondary N) is 2. The lowest BCUT2D eigenvalue weighted by molar-refractivity contribution is -0.119. The van der Waals surface area contributed by atoms with Crippen molar-refractivity contribution in [2.45, 2.75) is 76.7 Å². The smallest absolute Gasteiger partial charge is 0.481 e. The summed E-state index contributed by atoms with van der Waals surface area (Å²) in [4.78, 5) is 16.5. The number of benzene rings is 2. The van der Waals surface area contributed by atoms with Crippen molar-refractivity contribution in [3.05, 3.63) is 63.6 Å². The molecule has 2 aliphatic heterocycles. The van der Waals surface area contributed by atoms with Crippen molar-refractivity contribution in [1.29, 1.82) is 0 Å². The molecule has 3 heterocycles. The maximum atomic E-state index is 11.6. The van der Waals surface area contributed by atoms with Gasteiger partial charge in [0.05, 0.1) is 29.0 Å². The Morgan fingerprint density at radius 1 is 1.00 bits per heavy atom. The molecule has 0 unspecified atom stereocenters. The van der Waals surface area contributed by atoms with Crippen LogP contribution in [0.5, 0.6) is 5.88 Å². The van der Waals surface area contributed by atoms with Gasteiger partial charge in [-0.3, -0.25) is 4.79 Å². The van der Waals surface area contributed by atoms with Gasteiger partial charge in [0.15, 0.2) is 0 Å². The summed E-state index contributed by atoms with van der Waals surface area (Å²) in [5, 5.41) is 7.76. The summed E-state index contributed by atoms with van der Waals surface area (Å²) in [6.45, 7) is 8.82. The van der Waals surface area contributed by atoms with Gasteiger partial charge in [-0.15, -0.1) is 0 Å². The summed E-state index contributed by atoms with van der Waals surface area (Å²) in [6.07, 6.45) is 3.29. The zero-order chi connectivity index (χ0) is 29.8. The van der Waals surface area contributed by atoms with Crippen LogP contribution in [0.25, 0.3) is 22.4 Å². The average molecular weight is 608 g/mol. The molecule has 2 N–H and O–H groups in total. The van der Waals surface area contributed by atoms with Gasteiger partial charge in [0.1, 0.15) is 0 Å². The molecule has 6 rings (SSSR count). The largest absolute Gasteiger partial charge is 0.496 e. The summed E-state index contributed by atoms with van der Waals surface area (Å²) in [6, 6.07) is 14.1. The fraction of sp³-hybridized carbons (Fsp3) is 0.438. The summed E-state index contributed by atoms with van der Waals surface area (Å²) in [5.74, 6) is 0.716. The molecule has 2 fully saturated rings. The minimum Gasteiger partial charge on any atom is -0.481 e. The van der Waals surface area contributed by atoms with E-state index < -0.39 is 18.3 Å². The lowest BCUT2D eigenvalue weighted by Crippen LogP contribution is -2.41. The van der Waals surface area contributed by atoms with E-state index in [1.807, 2.05) is 64.1 Å². The van der Waals surface area contributed by atoms with E-state index in [4.69, 9.17) is 42.2 Å². The maximum Gasteiger partial charge on any atom is 0.496 e. The monoisotopic (exact) mass is 607 g/mol. The summed E-state index contributed by atoms with van der Waals surface area (Å²) in [5.41, 5.74) is 5.23. The van der Waals surface area contributed by atoms with E-state index in [2.05, 4.69) is 16.7 Å². The molecule has 7 nitrogen and oxygen atoms in total. The Balaban J connectivity index is 1.31. The number of nitrogens with zero attached hydrogens (tertiary/aromatic N) is 1. The molecule has 1 aliphatic carbocycles. The Kier molecular flexibility index (Phi) is 7.82. The quantitative estimate of drug-likeness (QED) is 0.326. The third kappa shape index (κ3) is 5.22. The molecule has 0 bridgehead atoms. The molecule has 220 valence electrons. The van der Waals surface area contributed by atoms with E-state index in [0.29, 0.717) is 22.3 Å². The molecule has 0 saturated carbocycles. The Labute approximate surface area is 257 Å². The van der Waals surface area contributed by atoms with Crippen LogP contribution < -0.4 is 20.8 Å².